The summed E-state index contributed by atoms with van der Waals surface area (Å²) in [6.07, 6.45) is 0.295. The van der Waals surface area contributed by atoms with E-state index in [-0.39, 0.29) is 42.1 Å². The standard InChI is InChI=1S/C21H20ClF2NO5S2/c22-12-1-3-13(4-2-12)32(28,29)21-9-7-18-14(8-10-31(26,27)25-18)15(21)11-30-20-17(24)6-5-16(23)19(20)21/h1-6,14-15,18,25H,7-11H2/t14-,15+,18+,21+/m1/s1. The number of hydrogen-bond donors (Lipinski definition) is 1. The Morgan fingerprint density at radius 2 is 1.75 bits per heavy atom. The van der Waals surface area contributed by atoms with Crippen molar-refractivity contribution >= 4 is 31.5 Å². The molecule has 2 fully saturated rings. The first-order valence-corrected chi connectivity index (χ1v) is 13.7. The van der Waals surface area contributed by atoms with Gasteiger partial charge in [0.25, 0.3) is 0 Å². The molecular formula is C21H20ClF2NO5S2. The van der Waals surface area contributed by atoms with Crippen molar-refractivity contribution in [2.75, 3.05) is 12.4 Å². The molecular weight excluding hydrogens is 484 g/mol. The lowest BCUT2D eigenvalue weighted by Crippen LogP contribution is -2.62. The number of sulfonamides is 1. The van der Waals surface area contributed by atoms with Crippen molar-refractivity contribution < 1.29 is 30.4 Å². The van der Waals surface area contributed by atoms with Crippen LogP contribution in [0.4, 0.5) is 8.78 Å². The van der Waals surface area contributed by atoms with Gasteiger partial charge < -0.3 is 4.74 Å². The van der Waals surface area contributed by atoms with Crippen LogP contribution in [0.2, 0.25) is 5.02 Å². The smallest absolute Gasteiger partial charge is 0.211 e. The third kappa shape index (κ3) is 3.10. The summed E-state index contributed by atoms with van der Waals surface area (Å²) in [4.78, 5) is -0.0572. The molecule has 0 radical (unpaired) electrons. The number of nitrogens with one attached hydrogen (secondary N) is 1. The van der Waals surface area contributed by atoms with Crippen molar-refractivity contribution in [2.24, 2.45) is 11.8 Å². The van der Waals surface area contributed by atoms with Crippen molar-refractivity contribution in [3.63, 3.8) is 0 Å². The van der Waals surface area contributed by atoms with Crippen LogP contribution in [0, 0.1) is 23.5 Å². The van der Waals surface area contributed by atoms with Crippen LogP contribution in [0.25, 0.3) is 0 Å². The normalized spacial score (nSPS) is 31.0. The van der Waals surface area contributed by atoms with E-state index in [4.69, 9.17) is 16.3 Å². The quantitative estimate of drug-likeness (QED) is 0.678. The first kappa shape index (κ1) is 22.1. The number of rotatable bonds is 2. The van der Waals surface area contributed by atoms with Crippen molar-refractivity contribution in [1.29, 1.82) is 0 Å². The van der Waals surface area contributed by atoms with E-state index in [0.717, 1.165) is 12.1 Å². The number of hydrogen-bond acceptors (Lipinski definition) is 5. The van der Waals surface area contributed by atoms with Crippen LogP contribution >= 0.6 is 11.6 Å². The largest absolute Gasteiger partial charge is 0.490 e. The molecule has 6 nitrogen and oxygen atoms in total. The molecule has 0 aromatic heterocycles. The molecule has 2 aromatic rings. The van der Waals surface area contributed by atoms with Crippen molar-refractivity contribution in [2.45, 2.75) is 34.9 Å². The Kier molecular flexibility index (Phi) is 5.09. The molecule has 4 atom stereocenters. The molecule has 1 saturated carbocycles. The monoisotopic (exact) mass is 503 g/mol. The van der Waals surface area contributed by atoms with Gasteiger partial charge in [0.05, 0.1) is 22.8 Å². The minimum Gasteiger partial charge on any atom is -0.490 e. The summed E-state index contributed by atoms with van der Waals surface area (Å²) in [5.74, 6) is -3.44. The van der Waals surface area contributed by atoms with Crippen LogP contribution in [0.15, 0.2) is 41.3 Å². The number of fused-ring (bicyclic) bond motifs is 5. The van der Waals surface area contributed by atoms with E-state index in [1.165, 1.54) is 24.3 Å². The lowest BCUT2D eigenvalue weighted by molar-refractivity contribution is 0.0537. The second-order valence-corrected chi connectivity index (χ2v) is 13.0. The first-order chi connectivity index (χ1) is 15.1. The zero-order valence-electron chi connectivity index (χ0n) is 16.7. The molecule has 2 heterocycles. The van der Waals surface area contributed by atoms with Gasteiger partial charge in [-0.3, -0.25) is 0 Å². The Balaban J connectivity index is 1.76. The minimum absolute atomic E-state index is 0.0572. The highest BCUT2D eigenvalue weighted by Gasteiger charge is 2.63. The maximum Gasteiger partial charge on any atom is 0.211 e. The van der Waals surface area contributed by atoms with Crippen molar-refractivity contribution in [3.8, 4) is 5.75 Å². The third-order valence-corrected chi connectivity index (χ3v) is 11.3. The van der Waals surface area contributed by atoms with E-state index in [2.05, 4.69) is 4.72 Å². The second kappa shape index (κ2) is 7.38. The number of halogens is 3. The summed E-state index contributed by atoms with van der Waals surface area (Å²) in [5, 5.41) is 0.341. The third-order valence-electron chi connectivity index (χ3n) is 7.00. The van der Waals surface area contributed by atoms with Gasteiger partial charge >= 0.3 is 0 Å². The van der Waals surface area contributed by atoms with E-state index in [1.54, 1.807) is 0 Å². The maximum atomic E-state index is 15.3. The fourth-order valence-electron chi connectivity index (χ4n) is 5.63. The Labute approximate surface area is 189 Å². The molecule has 0 bridgehead atoms. The molecule has 2 aliphatic heterocycles. The van der Waals surface area contributed by atoms with Gasteiger partial charge in [-0.1, -0.05) is 11.6 Å². The molecule has 1 aliphatic carbocycles. The van der Waals surface area contributed by atoms with Crippen molar-refractivity contribution in [1.82, 2.24) is 4.72 Å². The minimum atomic E-state index is -4.26. The molecule has 5 rings (SSSR count). The lowest BCUT2D eigenvalue weighted by atomic mass is 9.64. The van der Waals surface area contributed by atoms with Gasteiger partial charge in [0.2, 0.25) is 10.0 Å². The fourth-order valence-corrected chi connectivity index (χ4v) is 9.61. The van der Waals surface area contributed by atoms with E-state index in [1.807, 2.05) is 0 Å². The van der Waals surface area contributed by atoms with Gasteiger partial charge in [0.1, 0.15) is 10.6 Å². The van der Waals surface area contributed by atoms with E-state index in [9.17, 15) is 21.2 Å². The topological polar surface area (TPSA) is 89.5 Å². The Bertz CT molecular complexity index is 1300. The van der Waals surface area contributed by atoms with Gasteiger partial charge in [-0.25, -0.2) is 30.3 Å². The van der Waals surface area contributed by atoms with Gasteiger partial charge in [0.15, 0.2) is 21.4 Å². The highest BCUT2D eigenvalue weighted by atomic mass is 35.5. The Morgan fingerprint density at radius 3 is 2.47 bits per heavy atom. The summed E-state index contributed by atoms with van der Waals surface area (Å²) in [6.45, 7) is -0.164. The van der Waals surface area contributed by atoms with Gasteiger partial charge in [0, 0.05) is 17.0 Å². The zero-order chi connectivity index (χ0) is 22.9. The summed E-state index contributed by atoms with van der Waals surface area (Å²) < 4.78 is 88.9. The first-order valence-electron chi connectivity index (χ1n) is 10.2. The van der Waals surface area contributed by atoms with Gasteiger partial charge in [-0.05, 0) is 61.6 Å². The molecule has 0 unspecified atom stereocenters. The van der Waals surface area contributed by atoms with Crippen LogP contribution < -0.4 is 9.46 Å². The zero-order valence-corrected chi connectivity index (χ0v) is 19.1. The molecule has 2 aromatic carbocycles. The molecule has 3 aliphatic rings. The summed E-state index contributed by atoms with van der Waals surface area (Å²) >= 11 is 5.94. The second-order valence-electron chi connectivity index (χ2n) is 8.53. The molecule has 1 N–H and O–H groups in total. The van der Waals surface area contributed by atoms with Crippen molar-refractivity contribution in [3.05, 3.63) is 58.6 Å². The van der Waals surface area contributed by atoms with Crippen LogP contribution in [0.3, 0.4) is 0 Å². The predicted molar refractivity (Wildman–Crippen MR) is 114 cm³/mol. The van der Waals surface area contributed by atoms with Crippen LogP contribution in [0.5, 0.6) is 5.75 Å². The molecule has 11 heteroatoms. The van der Waals surface area contributed by atoms with E-state index >= 15 is 4.39 Å². The Morgan fingerprint density at radius 1 is 1.06 bits per heavy atom. The van der Waals surface area contributed by atoms with Gasteiger partial charge in [-0.2, -0.15) is 0 Å². The van der Waals surface area contributed by atoms with E-state index in [0.29, 0.717) is 5.02 Å². The van der Waals surface area contributed by atoms with Crippen LogP contribution in [0.1, 0.15) is 24.8 Å². The molecule has 172 valence electrons. The number of sulfone groups is 1. The van der Waals surface area contributed by atoms with E-state index < -0.39 is 59.9 Å². The highest BCUT2D eigenvalue weighted by molar-refractivity contribution is 7.92. The summed E-state index contributed by atoms with van der Waals surface area (Å²) in [7, 11) is -7.72. The van der Waals surface area contributed by atoms with Crippen LogP contribution in [-0.4, -0.2) is 35.2 Å². The summed E-state index contributed by atoms with van der Waals surface area (Å²) in [5.41, 5.74) is -0.310. The molecule has 32 heavy (non-hydrogen) atoms. The fraction of sp³-hybridized carbons (Fsp3) is 0.429. The number of benzene rings is 2. The average Bonchev–Trinajstić information content (AvgIpc) is 2.75. The van der Waals surface area contributed by atoms with Gasteiger partial charge in [-0.15, -0.1) is 0 Å². The van der Waals surface area contributed by atoms with Crippen LogP contribution in [-0.2, 0) is 24.6 Å². The highest BCUT2D eigenvalue weighted by Crippen LogP contribution is 2.59. The Hall–Kier alpha value is -1.75. The SMILES string of the molecule is O=S1(=O)CC[C@H]2[C@H](CC[C@@]3(S(=O)(=O)c4ccc(Cl)cc4)c4c(F)ccc(F)c4OC[C@@H]23)N1. The number of ether oxygens (including phenoxy) is 1. The average molecular weight is 504 g/mol. The maximum absolute atomic E-state index is 15.3. The molecule has 1 saturated heterocycles. The predicted octanol–water partition coefficient (Wildman–Crippen LogP) is 3.40. The molecule has 0 amide bonds. The molecule has 0 spiro atoms. The lowest BCUT2D eigenvalue weighted by Gasteiger charge is -2.54. The summed E-state index contributed by atoms with van der Waals surface area (Å²) in [6, 6.07) is 6.91.